The fraction of sp³-hybridized carbons (Fsp3) is 0.468. The normalized spacial score (nSPS) is 28.1. The number of carbonyl (C=O) groups excluding carboxylic acids is 1. The van der Waals surface area contributed by atoms with Crippen LogP contribution in [0.25, 0.3) is 11.1 Å². The maximum absolute atomic E-state index is 13.2. The second-order valence-corrected chi connectivity index (χ2v) is 17.1. The molecule has 56 heavy (non-hydrogen) atoms. The SMILES string of the molecule is COc1cc2c(cc1OC)CN(CC1CC(c3ccc(CO)cc3)OC(c3cccc(-c4cccc(CNC(=O)NC56CC7CC(CC(C7)C5)C6)c4)c3)O1)CC2. The first-order chi connectivity index (χ1) is 27.3. The van der Waals surface area contributed by atoms with Crippen molar-refractivity contribution in [2.45, 2.75) is 95.1 Å². The van der Waals surface area contributed by atoms with Crippen LogP contribution in [0.15, 0.2) is 84.9 Å². The first kappa shape index (κ1) is 37.2. The Labute approximate surface area is 330 Å². The molecule has 0 spiro atoms. The van der Waals surface area contributed by atoms with Gasteiger partial charge in [-0.2, -0.15) is 0 Å². The van der Waals surface area contributed by atoms with Gasteiger partial charge in [0.25, 0.3) is 0 Å². The highest BCUT2D eigenvalue weighted by Crippen LogP contribution is 2.55. The number of aliphatic hydroxyl groups is 1. The zero-order valence-corrected chi connectivity index (χ0v) is 32.7. The van der Waals surface area contributed by atoms with E-state index in [-0.39, 0.29) is 30.4 Å². The van der Waals surface area contributed by atoms with Crippen LogP contribution < -0.4 is 20.1 Å². The second kappa shape index (κ2) is 15.9. The lowest BCUT2D eigenvalue weighted by Crippen LogP contribution is -2.61. The van der Waals surface area contributed by atoms with Crippen molar-refractivity contribution in [1.82, 2.24) is 15.5 Å². The Morgan fingerprint density at radius 2 is 1.46 bits per heavy atom. The summed E-state index contributed by atoms with van der Waals surface area (Å²) in [5.74, 6) is 3.89. The van der Waals surface area contributed by atoms with E-state index in [0.717, 1.165) is 114 Å². The molecule has 3 N–H and O–H groups in total. The van der Waals surface area contributed by atoms with Crippen LogP contribution in [0, 0.1) is 17.8 Å². The highest BCUT2D eigenvalue weighted by Gasteiger charge is 2.51. The number of rotatable bonds is 11. The smallest absolute Gasteiger partial charge is 0.315 e. The van der Waals surface area contributed by atoms with E-state index in [4.69, 9.17) is 18.9 Å². The van der Waals surface area contributed by atoms with Crippen molar-refractivity contribution >= 4 is 6.03 Å². The molecule has 9 nitrogen and oxygen atoms in total. The molecule has 0 radical (unpaired) electrons. The van der Waals surface area contributed by atoms with Gasteiger partial charge in [-0.05, 0) is 126 Å². The van der Waals surface area contributed by atoms with E-state index in [9.17, 15) is 9.90 Å². The first-order valence-corrected chi connectivity index (χ1v) is 20.6. The number of nitrogens with one attached hydrogen (secondary N) is 2. The molecule has 1 saturated heterocycles. The predicted octanol–water partition coefficient (Wildman–Crippen LogP) is 8.23. The Hall–Kier alpha value is -4.41. The average molecular weight is 758 g/mol. The predicted molar refractivity (Wildman–Crippen MR) is 215 cm³/mol. The van der Waals surface area contributed by atoms with Crippen LogP contribution in [-0.2, 0) is 35.6 Å². The molecule has 2 heterocycles. The lowest BCUT2D eigenvalue weighted by atomic mass is 9.53. The topological polar surface area (TPSA) is 102 Å². The minimum absolute atomic E-state index is 0.00630. The lowest BCUT2D eigenvalue weighted by Gasteiger charge is -2.56. The summed E-state index contributed by atoms with van der Waals surface area (Å²) in [6, 6.07) is 29.1. The third kappa shape index (κ3) is 7.92. The number of hydrogen-bond donors (Lipinski definition) is 3. The van der Waals surface area contributed by atoms with Crippen molar-refractivity contribution in [1.29, 1.82) is 0 Å². The summed E-state index contributed by atoms with van der Waals surface area (Å²) in [5, 5.41) is 16.3. The Bertz CT molecular complexity index is 2000. The van der Waals surface area contributed by atoms with E-state index in [2.05, 4.69) is 88.3 Å². The van der Waals surface area contributed by atoms with Gasteiger partial charge in [0.15, 0.2) is 17.8 Å². The standard InChI is InChI=1S/C47H55N3O6/c1-53-43-20-38-13-14-50(27-40(38)21-44(43)54-2)28-41-22-42(35-11-9-30(29-51)10-12-35)56-45(55-41)39-8-4-7-37(19-39)36-6-3-5-31(18-36)26-48-46(52)49-47-23-32-15-33(24-47)17-34(16-32)25-47/h3-12,18-21,32-34,41-42,45,51H,13-17,22-29H2,1-2H3,(H2,48,49,52). The maximum atomic E-state index is 13.2. The molecule has 5 fully saturated rings. The molecule has 2 amide bonds. The molecule has 0 aromatic heterocycles. The Balaban J connectivity index is 0.894. The molecule has 4 aromatic carbocycles. The number of benzene rings is 4. The van der Waals surface area contributed by atoms with Crippen LogP contribution in [0.5, 0.6) is 11.5 Å². The Morgan fingerprint density at radius 3 is 2.16 bits per heavy atom. The van der Waals surface area contributed by atoms with E-state index in [1.54, 1.807) is 14.2 Å². The van der Waals surface area contributed by atoms with Gasteiger partial charge in [0, 0.05) is 43.7 Å². The van der Waals surface area contributed by atoms with Gasteiger partial charge in [-0.25, -0.2) is 4.79 Å². The van der Waals surface area contributed by atoms with Gasteiger partial charge in [0.2, 0.25) is 0 Å². The highest BCUT2D eigenvalue weighted by atomic mass is 16.7. The van der Waals surface area contributed by atoms with Gasteiger partial charge in [-0.15, -0.1) is 0 Å². The van der Waals surface area contributed by atoms with Crippen LogP contribution in [-0.4, -0.2) is 55.0 Å². The van der Waals surface area contributed by atoms with E-state index in [1.807, 2.05) is 12.1 Å². The first-order valence-electron chi connectivity index (χ1n) is 20.6. The molecule has 9 heteroatoms. The molecule has 4 aromatic rings. The molecular formula is C47H55N3O6. The molecule has 3 atom stereocenters. The average Bonchev–Trinajstić information content (AvgIpc) is 3.22. The number of aliphatic hydroxyl groups excluding tert-OH is 1. The summed E-state index contributed by atoms with van der Waals surface area (Å²) in [6.45, 7) is 2.98. The van der Waals surface area contributed by atoms with Crippen LogP contribution in [0.2, 0.25) is 0 Å². The van der Waals surface area contributed by atoms with Crippen molar-refractivity contribution in [2.75, 3.05) is 27.3 Å². The van der Waals surface area contributed by atoms with Crippen molar-refractivity contribution in [3.63, 3.8) is 0 Å². The third-order valence-electron chi connectivity index (χ3n) is 13.2. The minimum Gasteiger partial charge on any atom is -0.493 e. The van der Waals surface area contributed by atoms with Crippen molar-refractivity contribution in [3.05, 3.63) is 118 Å². The monoisotopic (exact) mass is 757 g/mol. The number of amides is 2. The summed E-state index contributed by atoms with van der Waals surface area (Å²) in [6.07, 6.45) is 8.35. The number of ether oxygens (including phenoxy) is 4. The minimum atomic E-state index is -0.559. The molecule has 3 unspecified atom stereocenters. The molecule has 4 aliphatic carbocycles. The largest absolute Gasteiger partial charge is 0.493 e. The summed E-state index contributed by atoms with van der Waals surface area (Å²) >= 11 is 0. The molecule has 6 aliphatic rings. The van der Waals surface area contributed by atoms with Crippen molar-refractivity contribution in [3.8, 4) is 22.6 Å². The maximum Gasteiger partial charge on any atom is 0.315 e. The molecule has 10 rings (SSSR count). The molecule has 294 valence electrons. The molecule has 4 saturated carbocycles. The van der Waals surface area contributed by atoms with Crippen molar-refractivity contribution in [2.24, 2.45) is 17.8 Å². The zero-order valence-electron chi connectivity index (χ0n) is 32.7. The highest BCUT2D eigenvalue weighted by molar-refractivity contribution is 5.75. The van der Waals surface area contributed by atoms with E-state index in [0.29, 0.717) is 6.54 Å². The van der Waals surface area contributed by atoms with Gasteiger partial charge in [-0.1, -0.05) is 60.7 Å². The third-order valence-corrected chi connectivity index (χ3v) is 13.2. The second-order valence-electron chi connectivity index (χ2n) is 17.1. The summed E-state index contributed by atoms with van der Waals surface area (Å²) in [7, 11) is 3.36. The Kier molecular flexibility index (Phi) is 10.5. The van der Waals surface area contributed by atoms with Gasteiger partial charge >= 0.3 is 6.03 Å². The molecular weight excluding hydrogens is 703 g/mol. The van der Waals surface area contributed by atoms with Gasteiger partial charge in [0.05, 0.1) is 33.0 Å². The Morgan fingerprint density at radius 1 is 0.786 bits per heavy atom. The van der Waals surface area contributed by atoms with E-state index in [1.165, 1.54) is 30.4 Å². The van der Waals surface area contributed by atoms with E-state index >= 15 is 0 Å². The van der Waals surface area contributed by atoms with Crippen LogP contribution in [0.1, 0.15) is 90.7 Å². The van der Waals surface area contributed by atoms with Gasteiger partial charge in [-0.3, -0.25) is 4.90 Å². The van der Waals surface area contributed by atoms with Crippen LogP contribution in [0.4, 0.5) is 4.79 Å². The van der Waals surface area contributed by atoms with Crippen molar-refractivity contribution < 1.29 is 28.8 Å². The molecule has 2 aliphatic heterocycles. The fourth-order valence-corrected chi connectivity index (χ4v) is 10.9. The summed E-state index contributed by atoms with van der Waals surface area (Å²) in [4.78, 5) is 15.7. The quantitative estimate of drug-likeness (QED) is 0.142. The molecule has 4 bridgehead atoms. The van der Waals surface area contributed by atoms with Gasteiger partial charge < -0.3 is 34.7 Å². The van der Waals surface area contributed by atoms with Crippen LogP contribution >= 0.6 is 0 Å². The van der Waals surface area contributed by atoms with Crippen LogP contribution in [0.3, 0.4) is 0 Å². The number of hydrogen-bond acceptors (Lipinski definition) is 7. The lowest BCUT2D eigenvalue weighted by molar-refractivity contribution is -0.253. The van der Waals surface area contributed by atoms with E-state index < -0.39 is 6.29 Å². The number of fused-ring (bicyclic) bond motifs is 1. The zero-order chi connectivity index (χ0) is 38.2. The number of urea groups is 1. The number of methoxy groups -OCH3 is 2. The summed E-state index contributed by atoms with van der Waals surface area (Å²) < 4.78 is 24.8. The number of nitrogens with zero attached hydrogens (tertiary/aromatic N) is 1. The van der Waals surface area contributed by atoms with Gasteiger partial charge in [0.1, 0.15) is 0 Å². The number of carbonyl (C=O) groups is 1. The summed E-state index contributed by atoms with van der Waals surface area (Å²) in [5.41, 5.74) is 8.66. The fourth-order valence-electron chi connectivity index (χ4n) is 10.9.